The average molecular weight is 268 g/mol. The number of fused-ring (bicyclic) bond motifs is 1. The molecular formula is C15H16N4O. The molecule has 0 aliphatic rings. The maximum Gasteiger partial charge on any atom is 0.246 e. The Morgan fingerprint density at radius 1 is 1.05 bits per heavy atom. The Morgan fingerprint density at radius 3 is 2.65 bits per heavy atom. The minimum Gasteiger partial charge on any atom is -0.337 e. The predicted octanol–water partition coefficient (Wildman–Crippen LogP) is 2.74. The third-order valence-corrected chi connectivity index (χ3v) is 3.41. The number of nitrogens with one attached hydrogen (secondary N) is 1. The summed E-state index contributed by atoms with van der Waals surface area (Å²) in [5.74, 6) is 1.05. The van der Waals surface area contributed by atoms with Crippen LogP contribution in [0.3, 0.4) is 0 Å². The number of nitrogens with zero attached hydrogens (tertiary/aromatic N) is 3. The third kappa shape index (κ3) is 2.16. The molecule has 2 heterocycles. The molecule has 5 heteroatoms. The van der Waals surface area contributed by atoms with Crippen LogP contribution in [-0.4, -0.2) is 22.2 Å². The summed E-state index contributed by atoms with van der Waals surface area (Å²) in [6.45, 7) is 3.97. The van der Waals surface area contributed by atoms with Gasteiger partial charge in [0.15, 0.2) is 0 Å². The van der Waals surface area contributed by atoms with Gasteiger partial charge >= 0.3 is 0 Å². The van der Waals surface area contributed by atoms with Crippen LogP contribution in [0.4, 0.5) is 0 Å². The molecule has 3 rings (SSSR count). The molecule has 0 radical (unpaired) electrons. The smallest absolute Gasteiger partial charge is 0.246 e. The van der Waals surface area contributed by atoms with Crippen LogP contribution in [0.1, 0.15) is 19.7 Å². The lowest BCUT2D eigenvalue weighted by atomic mass is 10.1. The summed E-state index contributed by atoms with van der Waals surface area (Å²) in [6, 6.07) is 11.9. The van der Waals surface area contributed by atoms with E-state index in [9.17, 15) is 0 Å². The van der Waals surface area contributed by atoms with Gasteiger partial charge in [-0.3, -0.25) is 0 Å². The van der Waals surface area contributed by atoms with Crippen LogP contribution in [0.5, 0.6) is 0 Å². The molecule has 0 unspecified atom stereocenters. The molecule has 0 bridgehead atoms. The van der Waals surface area contributed by atoms with Crippen molar-refractivity contribution in [3.63, 3.8) is 0 Å². The van der Waals surface area contributed by atoms with Gasteiger partial charge in [0.2, 0.25) is 11.7 Å². The van der Waals surface area contributed by atoms with E-state index in [0.717, 1.165) is 10.9 Å². The Labute approximate surface area is 117 Å². The standard InChI is InChI=1S/C15H16N4O/c1-15(2,16-3)14-18-13(19-20-14)12-9-8-10-6-4-5-7-11(10)17-12/h4-9,16H,1-3H3. The second-order valence-corrected chi connectivity index (χ2v) is 5.19. The number of hydrogen-bond donors (Lipinski definition) is 1. The highest BCUT2D eigenvalue weighted by atomic mass is 16.5. The van der Waals surface area contributed by atoms with Crippen LogP contribution in [0.25, 0.3) is 22.4 Å². The van der Waals surface area contributed by atoms with Gasteiger partial charge in [-0.05, 0) is 33.0 Å². The van der Waals surface area contributed by atoms with Crippen LogP contribution < -0.4 is 5.32 Å². The van der Waals surface area contributed by atoms with Crippen LogP contribution in [0.2, 0.25) is 0 Å². The van der Waals surface area contributed by atoms with Crippen molar-refractivity contribution in [2.45, 2.75) is 19.4 Å². The first-order chi connectivity index (χ1) is 9.60. The van der Waals surface area contributed by atoms with Crippen molar-refractivity contribution in [1.29, 1.82) is 0 Å². The van der Waals surface area contributed by atoms with Crippen LogP contribution in [0, 0.1) is 0 Å². The fraction of sp³-hybridized carbons (Fsp3) is 0.267. The van der Waals surface area contributed by atoms with Gasteiger partial charge in [-0.15, -0.1) is 0 Å². The van der Waals surface area contributed by atoms with Crippen LogP contribution >= 0.6 is 0 Å². The largest absolute Gasteiger partial charge is 0.337 e. The number of para-hydroxylation sites is 1. The van der Waals surface area contributed by atoms with Crippen molar-refractivity contribution in [3.8, 4) is 11.5 Å². The van der Waals surface area contributed by atoms with E-state index in [1.54, 1.807) is 0 Å². The molecule has 1 aromatic carbocycles. The number of pyridine rings is 1. The molecule has 2 aromatic heterocycles. The van der Waals surface area contributed by atoms with Gasteiger partial charge in [0.1, 0.15) is 5.69 Å². The van der Waals surface area contributed by atoms with Gasteiger partial charge in [-0.25, -0.2) is 4.98 Å². The molecule has 5 nitrogen and oxygen atoms in total. The highest BCUT2D eigenvalue weighted by molar-refractivity contribution is 5.80. The zero-order valence-electron chi connectivity index (χ0n) is 11.7. The number of benzene rings is 1. The third-order valence-electron chi connectivity index (χ3n) is 3.41. The van der Waals surface area contributed by atoms with E-state index in [2.05, 4.69) is 20.4 Å². The molecule has 0 aliphatic heterocycles. The average Bonchev–Trinajstić information content (AvgIpc) is 2.97. The predicted molar refractivity (Wildman–Crippen MR) is 77.1 cm³/mol. The first-order valence-electron chi connectivity index (χ1n) is 6.49. The van der Waals surface area contributed by atoms with Crippen molar-refractivity contribution < 1.29 is 4.52 Å². The number of aromatic nitrogens is 3. The van der Waals surface area contributed by atoms with Gasteiger partial charge in [0.05, 0.1) is 11.1 Å². The quantitative estimate of drug-likeness (QED) is 0.791. The molecule has 102 valence electrons. The minimum atomic E-state index is -0.359. The second kappa shape index (κ2) is 4.68. The van der Waals surface area contributed by atoms with Gasteiger partial charge in [0, 0.05) is 5.39 Å². The molecule has 0 saturated carbocycles. The molecule has 0 spiro atoms. The molecule has 0 fully saturated rings. The zero-order valence-corrected chi connectivity index (χ0v) is 11.7. The maximum absolute atomic E-state index is 5.32. The van der Waals surface area contributed by atoms with Gasteiger partial charge in [-0.2, -0.15) is 4.98 Å². The summed E-state index contributed by atoms with van der Waals surface area (Å²) < 4.78 is 5.32. The first kappa shape index (κ1) is 12.7. The van der Waals surface area contributed by atoms with Crippen molar-refractivity contribution in [1.82, 2.24) is 20.4 Å². The van der Waals surface area contributed by atoms with Crippen molar-refractivity contribution in [2.75, 3.05) is 7.05 Å². The van der Waals surface area contributed by atoms with E-state index in [4.69, 9.17) is 4.52 Å². The van der Waals surface area contributed by atoms with Crippen LogP contribution in [0.15, 0.2) is 40.9 Å². The maximum atomic E-state index is 5.32. The minimum absolute atomic E-state index is 0.359. The summed E-state index contributed by atoms with van der Waals surface area (Å²) in [4.78, 5) is 8.99. The Kier molecular flexibility index (Phi) is 2.99. The van der Waals surface area contributed by atoms with Crippen molar-refractivity contribution in [2.24, 2.45) is 0 Å². The summed E-state index contributed by atoms with van der Waals surface area (Å²) >= 11 is 0. The lowest BCUT2D eigenvalue weighted by molar-refractivity contribution is 0.281. The van der Waals surface area contributed by atoms with Crippen molar-refractivity contribution >= 4 is 10.9 Å². The molecule has 0 aliphatic carbocycles. The van der Waals surface area contributed by atoms with Gasteiger partial charge in [0.25, 0.3) is 0 Å². The Bertz CT molecular complexity index is 748. The lowest BCUT2D eigenvalue weighted by Gasteiger charge is -2.17. The van der Waals surface area contributed by atoms with E-state index in [1.165, 1.54) is 0 Å². The van der Waals surface area contributed by atoms with Gasteiger partial charge < -0.3 is 9.84 Å². The molecule has 0 amide bonds. The normalized spacial score (nSPS) is 11.9. The second-order valence-electron chi connectivity index (χ2n) is 5.19. The van der Waals surface area contributed by atoms with Crippen LogP contribution in [-0.2, 0) is 5.54 Å². The molecule has 0 saturated heterocycles. The van der Waals surface area contributed by atoms with E-state index in [-0.39, 0.29) is 5.54 Å². The zero-order chi connectivity index (χ0) is 14.2. The van der Waals surface area contributed by atoms with Crippen molar-refractivity contribution in [3.05, 3.63) is 42.3 Å². The van der Waals surface area contributed by atoms with E-state index >= 15 is 0 Å². The monoisotopic (exact) mass is 268 g/mol. The topological polar surface area (TPSA) is 63.8 Å². The van der Waals surface area contributed by atoms with E-state index in [1.807, 2.05) is 57.3 Å². The highest BCUT2D eigenvalue weighted by Crippen LogP contribution is 2.22. The molecule has 20 heavy (non-hydrogen) atoms. The number of rotatable bonds is 3. The fourth-order valence-corrected chi connectivity index (χ4v) is 1.88. The Balaban J connectivity index is 2.03. The van der Waals surface area contributed by atoms with E-state index in [0.29, 0.717) is 17.4 Å². The summed E-state index contributed by atoms with van der Waals surface area (Å²) in [6.07, 6.45) is 0. The Hall–Kier alpha value is -2.27. The fourth-order valence-electron chi connectivity index (χ4n) is 1.88. The molecular weight excluding hydrogens is 252 g/mol. The molecule has 0 atom stereocenters. The Morgan fingerprint density at radius 2 is 1.85 bits per heavy atom. The van der Waals surface area contributed by atoms with E-state index < -0.39 is 0 Å². The molecule has 3 aromatic rings. The summed E-state index contributed by atoms with van der Waals surface area (Å²) in [7, 11) is 1.86. The lowest BCUT2D eigenvalue weighted by Crippen LogP contribution is -2.33. The molecule has 1 N–H and O–H groups in total. The highest BCUT2D eigenvalue weighted by Gasteiger charge is 2.25. The SMILES string of the molecule is CNC(C)(C)c1nc(-c2ccc3ccccc3n2)no1. The van der Waals surface area contributed by atoms with Gasteiger partial charge in [-0.1, -0.05) is 29.4 Å². The first-order valence-corrected chi connectivity index (χ1v) is 6.49. The summed E-state index contributed by atoms with van der Waals surface area (Å²) in [5, 5.41) is 8.25. The summed E-state index contributed by atoms with van der Waals surface area (Å²) in [5.41, 5.74) is 1.28. The number of hydrogen-bond acceptors (Lipinski definition) is 5.